The van der Waals surface area contributed by atoms with Gasteiger partial charge >= 0.3 is 0 Å². The summed E-state index contributed by atoms with van der Waals surface area (Å²) in [6, 6.07) is 19.5. The first-order chi connectivity index (χ1) is 16.3. The quantitative estimate of drug-likeness (QED) is 0.316. The molecule has 0 radical (unpaired) electrons. The van der Waals surface area contributed by atoms with Gasteiger partial charge in [-0.2, -0.15) is 0 Å². The molecule has 0 spiro atoms. The van der Waals surface area contributed by atoms with E-state index in [9.17, 15) is 8.42 Å². The van der Waals surface area contributed by atoms with Gasteiger partial charge in [0.2, 0.25) is 0 Å². The second-order valence-corrected chi connectivity index (χ2v) is 9.52. The average Bonchev–Trinajstić information content (AvgIpc) is 2.80. The smallest absolute Gasteiger partial charge is 0.261 e. The monoisotopic (exact) mass is 474 g/mol. The normalized spacial score (nSPS) is 11.1. The van der Waals surface area contributed by atoms with Crippen molar-refractivity contribution in [2.45, 2.75) is 32.1 Å². The average molecular weight is 475 g/mol. The number of nitrogens with zero attached hydrogens (tertiary/aromatic N) is 3. The summed E-state index contributed by atoms with van der Waals surface area (Å²) in [5, 5.41) is 6.42. The molecule has 0 amide bonds. The Hall–Kier alpha value is -3.98. The van der Waals surface area contributed by atoms with Gasteiger partial charge in [0, 0.05) is 23.6 Å². The third kappa shape index (κ3) is 5.87. The molecule has 0 fully saturated rings. The van der Waals surface area contributed by atoms with Gasteiger partial charge < -0.3 is 10.6 Å². The van der Waals surface area contributed by atoms with E-state index in [1.807, 2.05) is 45.0 Å². The van der Waals surface area contributed by atoms with Crippen LogP contribution in [0.5, 0.6) is 0 Å². The predicted molar refractivity (Wildman–Crippen MR) is 135 cm³/mol. The molecular weight excluding hydrogens is 448 g/mol. The molecule has 4 aromatic rings. The zero-order valence-corrected chi connectivity index (χ0v) is 20.0. The van der Waals surface area contributed by atoms with E-state index in [1.54, 1.807) is 48.7 Å². The maximum Gasteiger partial charge on any atom is 0.261 e. The highest BCUT2D eigenvalue weighted by molar-refractivity contribution is 7.92. The fourth-order valence-corrected chi connectivity index (χ4v) is 4.38. The van der Waals surface area contributed by atoms with Crippen molar-refractivity contribution in [3.63, 3.8) is 0 Å². The lowest BCUT2D eigenvalue weighted by atomic mass is 10.2. The number of nitrogens with one attached hydrogen (secondary N) is 3. The second-order valence-electron chi connectivity index (χ2n) is 7.83. The first-order valence-electron chi connectivity index (χ1n) is 10.8. The molecular formula is C25H26N6O2S. The molecule has 0 bridgehead atoms. The number of sulfonamides is 1. The van der Waals surface area contributed by atoms with Gasteiger partial charge in [0.05, 0.1) is 4.90 Å². The number of aryl methyl sites for hydroxylation is 3. The first-order valence-corrected chi connectivity index (χ1v) is 12.3. The molecule has 2 aromatic heterocycles. The van der Waals surface area contributed by atoms with E-state index in [1.165, 1.54) is 0 Å². The minimum atomic E-state index is -3.66. The minimum Gasteiger partial charge on any atom is -0.340 e. The van der Waals surface area contributed by atoms with Crippen molar-refractivity contribution in [1.29, 1.82) is 0 Å². The molecule has 9 heteroatoms. The van der Waals surface area contributed by atoms with Crippen LogP contribution in [0.15, 0.2) is 77.8 Å². The van der Waals surface area contributed by atoms with Gasteiger partial charge in [-0.3, -0.25) is 4.72 Å². The van der Waals surface area contributed by atoms with Crippen LogP contribution in [0, 0.1) is 13.8 Å². The zero-order chi connectivity index (χ0) is 24.1. The fraction of sp³-hybridized carbons (Fsp3) is 0.160. The Bertz CT molecular complexity index is 1390. The van der Waals surface area contributed by atoms with Crippen molar-refractivity contribution in [3.05, 3.63) is 89.9 Å². The van der Waals surface area contributed by atoms with Crippen LogP contribution in [0.25, 0.3) is 0 Å². The number of pyridine rings is 1. The zero-order valence-electron chi connectivity index (χ0n) is 19.2. The van der Waals surface area contributed by atoms with Crippen LogP contribution >= 0.6 is 0 Å². The second kappa shape index (κ2) is 9.88. The third-order valence-corrected chi connectivity index (χ3v) is 6.46. The van der Waals surface area contributed by atoms with E-state index in [4.69, 9.17) is 0 Å². The van der Waals surface area contributed by atoms with E-state index in [0.717, 1.165) is 23.2 Å². The first kappa shape index (κ1) is 23.2. The molecule has 0 unspecified atom stereocenters. The Morgan fingerprint density at radius 3 is 2.06 bits per heavy atom. The molecule has 3 N–H and O–H groups in total. The van der Waals surface area contributed by atoms with Crippen LogP contribution in [0.3, 0.4) is 0 Å². The van der Waals surface area contributed by atoms with Gasteiger partial charge in [-0.1, -0.05) is 19.1 Å². The summed E-state index contributed by atoms with van der Waals surface area (Å²) < 4.78 is 27.9. The molecule has 0 aliphatic carbocycles. The van der Waals surface area contributed by atoms with Crippen LogP contribution in [0.4, 0.5) is 28.8 Å². The fourth-order valence-electron chi connectivity index (χ4n) is 3.32. The van der Waals surface area contributed by atoms with Crippen molar-refractivity contribution in [1.82, 2.24) is 15.0 Å². The summed E-state index contributed by atoms with van der Waals surface area (Å²) >= 11 is 0. The van der Waals surface area contributed by atoms with E-state index in [-0.39, 0.29) is 4.90 Å². The lowest BCUT2D eigenvalue weighted by Gasteiger charge is -2.12. The van der Waals surface area contributed by atoms with Crippen LogP contribution in [-0.2, 0) is 16.4 Å². The predicted octanol–water partition coefficient (Wildman–Crippen LogP) is 5.34. The minimum absolute atomic E-state index is 0.228. The van der Waals surface area contributed by atoms with Crippen molar-refractivity contribution in [3.8, 4) is 0 Å². The molecule has 0 saturated carbocycles. The SMILES string of the molecule is CCc1ccc(S(=O)(=O)Nc2ccc(Nc3cc(Nc4cc(C)ccn4)nc(C)n3)cc2)cc1. The molecule has 0 aliphatic rings. The van der Waals surface area contributed by atoms with Crippen LogP contribution < -0.4 is 15.4 Å². The van der Waals surface area contributed by atoms with Gasteiger partial charge in [-0.25, -0.2) is 23.4 Å². The van der Waals surface area contributed by atoms with E-state index < -0.39 is 10.0 Å². The molecule has 2 heterocycles. The van der Waals surface area contributed by atoms with Crippen LogP contribution in [0.1, 0.15) is 23.9 Å². The topological polar surface area (TPSA) is 109 Å². The van der Waals surface area contributed by atoms with E-state index in [2.05, 4.69) is 30.3 Å². The Kier molecular flexibility index (Phi) is 6.74. The summed E-state index contributed by atoms with van der Waals surface area (Å²) in [6.07, 6.45) is 2.59. The summed E-state index contributed by atoms with van der Waals surface area (Å²) in [5.74, 6) is 2.52. The number of benzene rings is 2. The van der Waals surface area contributed by atoms with Gasteiger partial charge in [-0.15, -0.1) is 0 Å². The summed E-state index contributed by atoms with van der Waals surface area (Å²) in [6.45, 7) is 5.83. The van der Waals surface area contributed by atoms with Crippen molar-refractivity contribution in [2.24, 2.45) is 0 Å². The number of rotatable bonds is 8. The van der Waals surface area contributed by atoms with Crippen LogP contribution in [0.2, 0.25) is 0 Å². The number of hydrogen-bond donors (Lipinski definition) is 3. The highest BCUT2D eigenvalue weighted by Gasteiger charge is 2.14. The van der Waals surface area contributed by atoms with Gasteiger partial charge in [0.15, 0.2) is 0 Å². The highest BCUT2D eigenvalue weighted by Crippen LogP contribution is 2.23. The molecule has 0 aliphatic heterocycles. The molecule has 0 saturated heterocycles. The Balaban J connectivity index is 1.45. The van der Waals surface area contributed by atoms with Crippen molar-refractivity contribution < 1.29 is 8.42 Å². The third-order valence-electron chi connectivity index (χ3n) is 5.06. The number of aromatic nitrogens is 3. The van der Waals surface area contributed by atoms with Gasteiger partial charge in [0.1, 0.15) is 23.3 Å². The maximum absolute atomic E-state index is 12.7. The van der Waals surface area contributed by atoms with E-state index in [0.29, 0.717) is 29.0 Å². The maximum atomic E-state index is 12.7. The molecule has 174 valence electrons. The molecule has 0 atom stereocenters. The Morgan fingerprint density at radius 1 is 0.765 bits per heavy atom. The van der Waals surface area contributed by atoms with Gasteiger partial charge in [-0.05, 0) is 79.9 Å². The van der Waals surface area contributed by atoms with Crippen molar-refractivity contribution >= 4 is 38.9 Å². The van der Waals surface area contributed by atoms with Gasteiger partial charge in [0.25, 0.3) is 10.0 Å². The van der Waals surface area contributed by atoms with Crippen LogP contribution in [-0.4, -0.2) is 23.4 Å². The number of anilines is 5. The Labute approximate surface area is 199 Å². The largest absolute Gasteiger partial charge is 0.340 e. The Morgan fingerprint density at radius 2 is 1.41 bits per heavy atom. The molecule has 8 nitrogen and oxygen atoms in total. The van der Waals surface area contributed by atoms with Crippen molar-refractivity contribution in [2.75, 3.05) is 15.4 Å². The molecule has 2 aromatic carbocycles. The number of hydrogen-bond acceptors (Lipinski definition) is 7. The molecule has 34 heavy (non-hydrogen) atoms. The van der Waals surface area contributed by atoms with E-state index >= 15 is 0 Å². The molecule has 4 rings (SSSR count). The summed E-state index contributed by atoms with van der Waals surface area (Å²) in [4.78, 5) is 13.4. The summed E-state index contributed by atoms with van der Waals surface area (Å²) in [5.41, 5.74) is 3.41. The summed E-state index contributed by atoms with van der Waals surface area (Å²) in [7, 11) is -3.66. The standard InChI is InChI=1S/C25H26N6O2S/c1-4-19-5-11-22(12-6-19)34(32,33)31-21-9-7-20(8-10-21)29-24-16-25(28-18(3)27-24)30-23-15-17(2)13-14-26-23/h5-16,31H,4H2,1-3H3,(H2,26,27,28,29,30). The highest BCUT2D eigenvalue weighted by atomic mass is 32.2. The lowest BCUT2D eigenvalue weighted by molar-refractivity contribution is 0.601. The lowest BCUT2D eigenvalue weighted by Crippen LogP contribution is -2.12.